The van der Waals surface area contributed by atoms with E-state index in [1.165, 1.54) is 6.42 Å². The van der Waals surface area contributed by atoms with Gasteiger partial charge in [0.25, 0.3) is 0 Å². The second-order valence-electron chi connectivity index (χ2n) is 4.75. The van der Waals surface area contributed by atoms with Gasteiger partial charge in [0, 0.05) is 0 Å². The normalized spacial score (nSPS) is 17.4. The summed E-state index contributed by atoms with van der Waals surface area (Å²) in [6.07, 6.45) is 5.92. The van der Waals surface area contributed by atoms with Gasteiger partial charge in [-0.15, -0.1) is 0 Å². The molecule has 0 fully saturated rings. The third-order valence-corrected chi connectivity index (χ3v) is 4.97. The zero-order chi connectivity index (χ0) is 9.35. The Balaban J connectivity index is 2.98. The van der Waals surface area contributed by atoms with Crippen molar-refractivity contribution in [3.8, 4) is 0 Å². The van der Waals surface area contributed by atoms with Crippen LogP contribution in [0.5, 0.6) is 0 Å². The molecule has 1 aliphatic rings. The van der Waals surface area contributed by atoms with Crippen LogP contribution in [-0.4, -0.2) is 0 Å². The standard InChI is InChI=1S/C9H13.2CH3.Ti/c1-9(2,3)8-6-4-5-7-8;;;/h4,6H,5H2,1-3H3;2*1H3;. The molecule has 0 aromatic rings. The van der Waals surface area contributed by atoms with Crippen LogP contribution in [0.25, 0.3) is 0 Å². The van der Waals surface area contributed by atoms with Gasteiger partial charge in [0.1, 0.15) is 0 Å². The van der Waals surface area contributed by atoms with Gasteiger partial charge in [0.05, 0.1) is 0 Å². The third-order valence-electron chi connectivity index (χ3n) is 2.34. The van der Waals surface area contributed by atoms with Crippen molar-refractivity contribution in [2.45, 2.75) is 37.6 Å². The van der Waals surface area contributed by atoms with Gasteiger partial charge in [-0.1, -0.05) is 0 Å². The Bertz CT molecular complexity index is 226. The van der Waals surface area contributed by atoms with E-state index in [-0.39, 0.29) is 0 Å². The van der Waals surface area contributed by atoms with Crippen LogP contribution in [0, 0.1) is 5.41 Å². The van der Waals surface area contributed by atoms with Crippen molar-refractivity contribution in [2.75, 3.05) is 0 Å². The number of hydrogen-bond acceptors (Lipinski definition) is 0. The molecule has 0 bridgehead atoms. The van der Waals surface area contributed by atoms with E-state index in [1.54, 1.807) is 9.45 Å². The fraction of sp³-hybridized carbons (Fsp3) is 0.636. The minimum atomic E-state index is -0.817. The molecule has 0 aromatic carbocycles. The van der Waals surface area contributed by atoms with Gasteiger partial charge in [-0.05, 0) is 0 Å². The molecule has 0 nitrogen and oxygen atoms in total. The van der Waals surface area contributed by atoms with Crippen molar-refractivity contribution >= 4 is 0 Å². The summed E-state index contributed by atoms with van der Waals surface area (Å²) in [5.41, 5.74) is 1.99. The van der Waals surface area contributed by atoms with Gasteiger partial charge in [-0.3, -0.25) is 0 Å². The Morgan fingerprint density at radius 1 is 1.25 bits per heavy atom. The first kappa shape index (κ1) is 10.3. The molecule has 0 heterocycles. The summed E-state index contributed by atoms with van der Waals surface area (Å²) in [5, 5.41) is 4.90. The average Bonchev–Trinajstić information content (AvgIpc) is 2.30. The van der Waals surface area contributed by atoms with Crippen molar-refractivity contribution in [1.82, 2.24) is 0 Å². The van der Waals surface area contributed by atoms with E-state index in [1.807, 2.05) is 0 Å². The zero-order valence-electron chi connectivity index (χ0n) is 8.86. The zero-order valence-corrected chi connectivity index (χ0v) is 10.4. The summed E-state index contributed by atoms with van der Waals surface area (Å²) in [7, 11) is 0. The van der Waals surface area contributed by atoms with E-state index >= 15 is 0 Å². The second kappa shape index (κ2) is 3.51. The summed E-state index contributed by atoms with van der Waals surface area (Å²) in [6, 6.07) is 0. The molecule has 0 saturated carbocycles. The van der Waals surface area contributed by atoms with Crippen molar-refractivity contribution < 1.29 is 17.9 Å². The molecule has 0 radical (unpaired) electrons. The quantitative estimate of drug-likeness (QED) is 0.560. The van der Waals surface area contributed by atoms with Gasteiger partial charge < -0.3 is 0 Å². The van der Waals surface area contributed by atoms with Crippen LogP contribution in [0.1, 0.15) is 27.2 Å². The van der Waals surface area contributed by atoms with Gasteiger partial charge in [-0.25, -0.2) is 0 Å². The van der Waals surface area contributed by atoms with Gasteiger partial charge in [-0.2, -0.15) is 0 Å². The van der Waals surface area contributed by atoms with E-state index in [0.29, 0.717) is 5.41 Å². The van der Waals surface area contributed by atoms with E-state index < -0.39 is 17.9 Å². The minimum absolute atomic E-state index is 0.368. The summed E-state index contributed by atoms with van der Waals surface area (Å²) in [5.74, 6) is 0. The molecular formula is C11H19Ti. The van der Waals surface area contributed by atoms with Crippen LogP contribution >= 0.6 is 0 Å². The molecule has 0 N–H and O–H groups in total. The van der Waals surface area contributed by atoms with E-state index in [2.05, 4.69) is 43.4 Å². The van der Waals surface area contributed by atoms with Crippen LogP contribution in [0.4, 0.5) is 0 Å². The molecule has 1 aliphatic carbocycles. The molecule has 0 atom stereocenters. The van der Waals surface area contributed by atoms with E-state index in [9.17, 15) is 0 Å². The molecule has 0 aliphatic heterocycles. The SMILES string of the molecule is [CH3][Ti]([CH3])[C]1=C(C(C)(C)C)C=CC1. The summed E-state index contributed by atoms with van der Waals surface area (Å²) >= 11 is -0.817. The maximum absolute atomic E-state index is 2.45. The Hall–Kier alpha value is 0.194. The van der Waals surface area contributed by atoms with Crippen LogP contribution in [0.2, 0.25) is 10.5 Å². The Kier molecular flexibility index (Phi) is 3.01. The van der Waals surface area contributed by atoms with Crippen molar-refractivity contribution in [2.24, 2.45) is 5.41 Å². The summed E-state index contributed by atoms with van der Waals surface area (Å²) in [6.45, 7) is 6.96. The van der Waals surface area contributed by atoms with Crippen LogP contribution in [-0.2, 0) is 17.9 Å². The fourth-order valence-electron chi connectivity index (χ4n) is 1.68. The van der Waals surface area contributed by atoms with E-state index in [0.717, 1.165) is 0 Å². The molecule has 0 spiro atoms. The molecule has 1 rings (SSSR count). The molecule has 0 aromatic heterocycles. The van der Waals surface area contributed by atoms with Crippen molar-refractivity contribution in [3.63, 3.8) is 0 Å². The predicted octanol–water partition coefficient (Wildman–Crippen LogP) is 3.96. The Morgan fingerprint density at radius 3 is 2.17 bits per heavy atom. The van der Waals surface area contributed by atoms with Gasteiger partial charge in [0.15, 0.2) is 0 Å². The first-order chi connectivity index (χ1) is 5.43. The predicted molar refractivity (Wildman–Crippen MR) is 52.0 cm³/mol. The molecular weight excluding hydrogens is 180 g/mol. The summed E-state index contributed by atoms with van der Waals surface area (Å²) < 4.78 is 1.79. The fourth-order valence-corrected chi connectivity index (χ4v) is 4.06. The molecule has 0 amide bonds. The maximum atomic E-state index is 2.45. The van der Waals surface area contributed by atoms with Crippen LogP contribution in [0.3, 0.4) is 0 Å². The van der Waals surface area contributed by atoms with Gasteiger partial charge in [0.2, 0.25) is 0 Å². The molecule has 1 heteroatoms. The topological polar surface area (TPSA) is 0 Å². The molecule has 0 saturated heterocycles. The van der Waals surface area contributed by atoms with Gasteiger partial charge >= 0.3 is 82.5 Å². The van der Waals surface area contributed by atoms with Crippen molar-refractivity contribution in [1.29, 1.82) is 0 Å². The molecule has 12 heavy (non-hydrogen) atoms. The molecule has 67 valence electrons. The van der Waals surface area contributed by atoms with Crippen molar-refractivity contribution in [3.05, 3.63) is 21.6 Å². The first-order valence-corrected chi connectivity index (χ1v) is 8.54. The van der Waals surface area contributed by atoms with Crippen LogP contribution in [0.15, 0.2) is 21.6 Å². The first-order valence-electron chi connectivity index (χ1n) is 4.63. The average molecular weight is 199 g/mol. The Labute approximate surface area is 82.6 Å². The number of hydrogen-bond donors (Lipinski definition) is 0. The summed E-state index contributed by atoms with van der Waals surface area (Å²) in [4.78, 5) is 0. The monoisotopic (exact) mass is 199 g/mol. The molecule has 0 unspecified atom stereocenters. The number of allylic oxidation sites excluding steroid dienone is 4. The second-order valence-corrected chi connectivity index (χ2v) is 8.81. The van der Waals surface area contributed by atoms with E-state index in [4.69, 9.17) is 0 Å². The Morgan fingerprint density at radius 2 is 1.83 bits per heavy atom. The third kappa shape index (κ3) is 2.11. The van der Waals surface area contributed by atoms with Crippen LogP contribution < -0.4 is 0 Å². The number of rotatable bonds is 1.